The van der Waals surface area contributed by atoms with E-state index in [0.717, 1.165) is 21.8 Å². The number of nitrogens with one attached hydrogen (secondary N) is 1. The zero-order valence-electron chi connectivity index (χ0n) is 15.5. The summed E-state index contributed by atoms with van der Waals surface area (Å²) in [5.41, 5.74) is 3.25. The van der Waals surface area contributed by atoms with Gasteiger partial charge in [-0.3, -0.25) is 9.78 Å². The van der Waals surface area contributed by atoms with Crippen molar-refractivity contribution < 1.29 is 9.18 Å². The highest BCUT2D eigenvalue weighted by atomic mass is 32.1. The smallest absolute Gasteiger partial charge is 0.226 e. The zero-order valence-corrected chi connectivity index (χ0v) is 16.3. The molecule has 0 saturated heterocycles. The molecule has 0 aliphatic heterocycles. The first-order valence-corrected chi connectivity index (χ1v) is 10.0. The van der Waals surface area contributed by atoms with Crippen LogP contribution in [0.25, 0.3) is 10.6 Å². The maximum absolute atomic E-state index is 13.1. The first kappa shape index (κ1) is 19.0. The summed E-state index contributed by atoms with van der Waals surface area (Å²) in [4.78, 5) is 21.7. The zero-order chi connectivity index (χ0) is 20.1. The van der Waals surface area contributed by atoms with Gasteiger partial charge >= 0.3 is 0 Å². The maximum Gasteiger partial charge on any atom is 0.226 e. The Balaban J connectivity index is 1.49. The van der Waals surface area contributed by atoms with Crippen molar-refractivity contribution in [1.29, 1.82) is 0 Å². The summed E-state index contributed by atoms with van der Waals surface area (Å²) in [6, 6.07) is 21.2. The summed E-state index contributed by atoms with van der Waals surface area (Å²) in [6.45, 7) is 0. The van der Waals surface area contributed by atoms with E-state index in [-0.39, 0.29) is 24.2 Å². The fourth-order valence-electron chi connectivity index (χ4n) is 3.01. The van der Waals surface area contributed by atoms with E-state index in [1.165, 1.54) is 23.5 Å². The van der Waals surface area contributed by atoms with Crippen LogP contribution in [-0.4, -0.2) is 15.9 Å². The van der Waals surface area contributed by atoms with Gasteiger partial charge in [-0.1, -0.05) is 36.4 Å². The van der Waals surface area contributed by atoms with Gasteiger partial charge in [-0.05, 0) is 42.0 Å². The van der Waals surface area contributed by atoms with Crippen molar-refractivity contribution in [3.8, 4) is 10.6 Å². The molecular formula is C23H18FN3OS. The molecule has 2 aromatic carbocycles. The number of aromatic nitrogens is 2. The molecule has 4 nitrogen and oxygen atoms in total. The van der Waals surface area contributed by atoms with Crippen LogP contribution in [0, 0.1) is 5.82 Å². The Morgan fingerprint density at radius 1 is 1.00 bits per heavy atom. The molecule has 144 valence electrons. The van der Waals surface area contributed by atoms with Gasteiger partial charge in [0.05, 0.1) is 23.9 Å². The molecule has 0 saturated carbocycles. The molecule has 0 aliphatic carbocycles. The Kier molecular flexibility index (Phi) is 5.72. The summed E-state index contributed by atoms with van der Waals surface area (Å²) in [5.74, 6) is -0.424. The largest absolute Gasteiger partial charge is 0.343 e. The van der Waals surface area contributed by atoms with Crippen LogP contribution < -0.4 is 5.32 Å². The Morgan fingerprint density at radius 2 is 1.76 bits per heavy atom. The number of hydrogen-bond acceptors (Lipinski definition) is 4. The van der Waals surface area contributed by atoms with E-state index >= 15 is 0 Å². The van der Waals surface area contributed by atoms with Crippen molar-refractivity contribution in [3.63, 3.8) is 0 Å². The normalized spacial score (nSPS) is 11.8. The molecule has 1 atom stereocenters. The highest BCUT2D eigenvalue weighted by Gasteiger charge is 2.18. The lowest BCUT2D eigenvalue weighted by atomic mass is 10.0. The van der Waals surface area contributed by atoms with Crippen molar-refractivity contribution in [1.82, 2.24) is 15.3 Å². The van der Waals surface area contributed by atoms with E-state index in [2.05, 4.69) is 15.3 Å². The number of pyridine rings is 1. The van der Waals surface area contributed by atoms with Gasteiger partial charge in [-0.2, -0.15) is 0 Å². The fraction of sp³-hybridized carbons (Fsp3) is 0.0870. The minimum atomic E-state index is -0.333. The molecule has 0 fully saturated rings. The number of benzene rings is 2. The SMILES string of the molecule is O=C(Cc1csc(-c2ccc(F)cc2)n1)NC(c1ccccc1)c1ccccn1. The number of carbonyl (C=O) groups is 1. The number of halogens is 1. The minimum absolute atomic E-state index is 0.138. The summed E-state index contributed by atoms with van der Waals surface area (Å²) in [7, 11) is 0. The predicted molar refractivity (Wildman–Crippen MR) is 112 cm³/mol. The van der Waals surface area contributed by atoms with Crippen molar-refractivity contribution in [2.24, 2.45) is 0 Å². The van der Waals surface area contributed by atoms with Crippen LogP contribution in [0.4, 0.5) is 4.39 Å². The number of rotatable bonds is 6. The molecule has 1 amide bonds. The Morgan fingerprint density at radius 3 is 2.48 bits per heavy atom. The molecule has 1 N–H and O–H groups in total. The average Bonchev–Trinajstić information content (AvgIpc) is 3.22. The Labute approximate surface area is 172 Å². The van der Waals surface area contributed by atoms with E-state index in [1.807, 2.05) is 53.9 Å². The van der Waals surface area contributed by atoms with Gasteiger partial charge in [-0.15, -0.1) is 11.3 Å². The first-order chi connectivity index (χ1) is 14.2. The van der Waals surface area contributed by atoms with Crippen LogP contribution in [0.1, 0.15) is 23.0 Å². The molecule has 2 heterocycles. The predicted octanol–water partition coefficient (Wildman–Crippen LogP) is 4.79. The summed E-state index contributed by atoms with van der Waals surface area (Å²) in [5, 5.41) is 5.69. The van der Waals surface area contributed by atoms with Crippen molar-refractivity contribution >= 4 is 17.2 Å². The van der Waals surface area contributed by atoms with Crippen molar-refractivity contribution in [3.05, 3.63) is 107 Å². The quantitative estimate of drug-likeness (QED) is 0.503. The lowest BCUT2D eigenvalue weighted by Crippen LogP contribution is -2.31. The van der Waals surface area contributed by atoms with E-state index in [0.29, 0.717) is 5.69 Å². The molecule has 1 unspecified atom stereocenters. The standard InChI is InChI=1S/C23H18FN3OS/c24-18-11-9-17(10-12-18)23-26-19(15-29-23)14-21(28)27-22(16-6-2-1-3-7-16)20-8-4-5-13-25-20/h1-13,15,22H,14H2,(H,27,28). The van der Waals surface area contributed by atoms with Crippen LogP contribution in [0.2, 0.25) is 0 Å². The lowest BCUT2D eigenvalue weighted by molar-refractivity contribution is -0.121. The molecular weight excluding hydrogens is 385 g/mol. The van der Waals surface area contributed by atoms with E-state index in [1.54, 1.807) is 18.3 Å². The van der Waals surface area contributed by atoms with E-state index in [9.17, 15) is 9.18 Å². The summed E-state index contributed by atoms with van der Waals surface area (Å²) >= 11 is 1.44. The van der Waals surface area contributed by atoms with Crippen LogP contribution in [-0.2, 0) is 11.2 Å². The van der Waals surface area contributed by atoms with Crippen LogP contribution in [0.15, 0.2) is 84.4 Å². The molecule has 4 aromatic rings. The molecule has 0 aliphatic rings. The van der Waals surface area contributed by atoms with Gasteiger partial charge < -0.3 is 5.32 Å². The topological polar surface area (TPSA) is 54.9 Å². The Bertz CT molecular complexity index is 1040. The molecule has 2 aromatic heterocycles. The molecule has 0 bridgehead atoms. The Hall–Kier alpha value is -3.38. The number of carbonyl (C=O) groups excluding carboxylic acids is 1. The van der Waals surface area contributed by atoms with Crippen LogP contribution in [0.5, 0.6) is 0 Å². The molecule has 0 spiro atoms. The number of amides is 1. The second kappa shape index (κ2) is 8.75. The van der Waals surface area contributed by atoms with Crippen LogP contribution >= 0.6 is 11.3 Å². The monoisotopic (exact) mass is 403 g/mol. The van der Waals surface area contributed by atoms with Crippen LogP contribution in [0.3, 0.4) is 0 Å². The van der Waals surface area contributed by atoms with Gasteiger partial charge in [-0.25, -0.2) is 9.37 Å². The van der Waals surface area contributed by atoms with E-state index < -0.39 is 0 Å². The number of hydrogen-bond donors (Lipinski definition) is 1. The fourth-order valence-corrected chi connectivity index (χ4v) is 3.84. The number of thiazole rings is 1. The second-order valence-electron chi connectivity index (χ2n) is 6.49. The van der Waals surface area contributed by atoms with Crippen molar-refractivity contribution in [2.75, 3.05) is 0 Å². The molecule has 0 radical (unpaired) electrons. The highest BCUT2D eigenvalue weighted by molar-refractivity contribution is 7.13. The van der Waals surface area contributed by atoms with Crippen molar-refractivity contribution in [2.45, 2.75) is 12.5 Å². The first-order valence-electron chi connectivity index (χ1n) is 9.14. The molecule has 4 rings (SSSR count). The van der Waals surface area contributed by atoms with Gasteiger partial charge in [0.1, 0.15) is 10.8 Å². The minimum Gasteiger partial charge on any atom is -0.343 e. The maximum atomic E-state index is 13.1. The molecule has 6 heteroatoms. The van der Waals surface area contributed by atoms with E-state index in [4.69, 9.17) is 0 Å². The third kappa shape index (κ3) is 4.73. The van der Waals surface area contributed by atoms with Gasteiger partial charge in [0, 0.05) is 17.1 Å². The van der Waals surface area contributed by atoms with Gasteiger partial charge in [0.15, 0.2) is 0 Å². The number of nitrogens with zero attached hydrogens (tertiary/aromatic N) is 2. The highest BCUT2D eigenvalue weighted by Crippen LogP contribution is 2.25. The summed E-state index contributed by atoms with van der Waals surface area (Å²) in [6.07, 6.45) is 1.88. The van der Waals surface area contributed by atoms with Gasteiger partial charge in [0.2, 0.25) is 5.91 Å². The summed E-state index contributed by atoms with van der Waals surface area (Å²) < 4.78 is 13.1. The van der Waals surface area contributed by atoms with Gasteiger partial charge in [0.25, 0.3) is 0 Å². The molecule has 29 heavy (non-hydrogen) atoms. The third-order valence-corrected chi connectivity index (χ3v) is 5.35. The lowest BCUT2D eigenvalue weighted by Gasteiger charge is -2.18. The average molecular weight is 403 g/mol. The third-order valence-electron chi connectivity index (χ3n) is 4.41. The second-order valence-corrected chi connectivity index (χ2v) is 7.35.